The van der Waals surface area contributed by atoms with Crippen LogP contribution in [-0.2, 0) is 16.6 Å². The van der Waals surface area contributed by atoms with Crippen molar-refractivity contribution in [3.8, 4) is 11.3 Å². The van der Waals surface area contributed by atoms with E-state index in [0.717, 1.165) is 60.9 Å². The Balaban J connectivity index is 1.62. The first-order chi connectivity index (χ1) is 13.4. The summed E-state index contributed by atoms with van der Waals surface area (Å²) in [5, 5.41) is 3.00. The van der Waals surface area contributed by atoms with Gasteiger partial charge >= 0.3 is 0 Å². The Morgan fingerprint density at radius 2 is 1.86 bits per heavy atom. The number of aromatic amines is 1. The van der Waals surface area contributed by atoms with Crippen LogP contribution < -0.4 is 5.32 Å². The highest BCUT2D eigenvalue weighted by Gasteiger charge is 2.41. The molecule has 3 aromatic rings. The van der Waals surface area contributed by atoms with Gasteiger partial charge in [0, 0.05) is 23.5 Å². The second-order valence-corrected chi connectivity index (χ2v) is 8.96. The lowest BCUT2D eigenvalue weighted by atomic mass is 9.86. The normalized spacial score (nSPS) is 15.5. The van der Waals surface area contributed by atoms with Crippen LogP contribution >= 0.6 is 0 Å². The molecule has 5 nitrogen and oxygen atoms in total. The van der Waals surface area contributed by atoms with Crippen LogP contribution in [0.2, 0.25) is 0 Å². The van der Waals surface area contributed by atoms with Gasteiger partial charge in [0.2, 0.25) is 6.41 Å². The molecule has 1 aromatic carbocycles. The van der Waals surface area contributed by atoms with Crippen LogP contribution in [-0.4, -0.2) is 26.9 Å². The van der Waals surface area contributed by atoms with Gasteiger partial charge in [0.1, 0.15) is 5.52 Å². The number of nitrogens with one attached hydrogen (secondary N) is 2. The summed E-state index contributed by atoms with van der Waals surface area (Å²) >= 11 is 0. The number of carbonyl (C=O) groups is 1. The molecule has 0 atom stereocenters. The first-order valence-electron chi connectivity index (χ1n) is 10.1. The van der Waals surface area contributed by atoms with Gasteiger partial charge in [0.15, 0.2) is 5.65 Å². The Morgan fingerprint density at radius 1 is 1.14 bits per heavy atom. The van der Waals surface area contributed by atoms with Gasteiger partial charge in [-0.1, -0.05) is 45.0 Å². The van der Waals surface area contributed by atoms with E-state index in [1.165, 1.54) is 11.1 Å². The highest BCUT2D eigenvalue weighted by molar-refractivity contribution is 5.85. The lowest BCUT2D eigenvalue weighted by Crippen LogP contribution is -2.29. The van der Waals surface area contributed by atoms with E-state index in [4.69, 9.17) is 0 Å². The molecule has 5 heteroatoms. The van der Waals surface area contributed by atoms with E-state index < -0.39 is 0 Å². The Labute approximate surface area is 166 Å². The van der Waals surface area contributed by atoms with Gasteiger partial charge in [0.25, 0.3) is 0 Å². The number of aryl methyl sites for hydroxylation is 1. The zero-order valence-corrected chi connectivity index (χ0v) is 16.9. The molecule has 0 radical (unpaired) electrons. The third-order valence-electron chi connectivity index (χ3n) is 5.87. The van der Waals surface area contributed by atoms with Crippen LogP contribution in [0, 0.1) is 0 Å². The number of hydrogen-bond donors (Lipinski definition) is 2. The lowest BCUT2D eigenvalue weighted by Gasteiger charge is -2.19. The van der Waals surface area contributed by atoms with Crippen molar-refractivity contribution in [3.05, 3.63) is 47.8 Å². The molecule has 1 aliphatic carbocycles. The molecule has 4 rings (SSSR count). The maximum Gasteiger partial charge on any atom is 0.207 e. The van der Waals surface area contributed by atoms with E-state index in [1.807, 2.05) is 0 Å². The fourth-order valence-corrected chi connectivity index (χ4v) is 3.94. The topological polar surface area (TPSA) is 70.7 Å². The predicted molar refractivity (Wildman–Crippen MR) is 112 cm³/mol. The number of fused-ring (bicyclic) bond motifs is 1. The summed E-state index contributed by atoms with van der Waals surface area (Å²) in [7, 11) is 0. The number of carbonyl (C=O) groups excluding carboxylic acids is 1. The zero-order valence-electron chi connectivity index (χ0n) is 16.9. The van der Waals surface area contributed by atoms with Gasteiger partial charge in [0.05, 0.1) is 5.69 Å². The van der Waals surface area contributed by atoms with Gasteiger partial charge in [-0.05, 0) is 48.6 Å². The summed E-state index contributed by atoms with van der Waals surface area (Å²) in [5.41, 5.74) is 6.76. The summed E-state index contributed by atoms with van der Waals surface area (Å²) in [6.07, 6.45) is 9.41. The van der Waals surface area contributed by atoms with Crippen LogP contribution in [0.1, 0.15) is 57.6 Å². The van der Waals surface area contributed by atoms with Crippen LogP contribution in [0.25, 0.3) is 22.4 Å². The standard InChI is InChI=1S/C23H28N4O/c1-22(2,3)17-8-6-16(7-9-17)19-18(20-21(27-19)25-14-13-24-20)5-4-10-23(11-12-23)26-15-28/h6-9,13-15H,4-5,10-12H2,1-3H3,(H,25,27)(H,26,28). The molecule has 2 heterocycles. The van der Waals surface area contributed by atoms with E-state index >= 15 is 0 Å². The number of benzene rings is 1. The fraction of sp³-hybridized carbons (Fsp3) is 0.435. The highest BCUT2D eigenvalue weighted by Crippen LogP contribution is 2.40. The zero-order chi connectivity index (χ0) is 19.8. The number of amides is 1. The molecule has 0 spiro atoms. The third kappa shape index (κ3) is 3.66. The molecule has 1 saturated carbocycles. The highest BCUT2D eigenvalue weighted by atomic mass is 16.1. The SMILES string of the molecule is CC(C)(C)c1ccc(-c2[nH]c3nccnc3c2CCCC2(NC=O)CC2)cc1. The molecular weight excluding hydrogens is 348 g/mol. The maximum absolute atomic E-state index is 10.8. The smallest absolute Gasteiger partial charge is 0.207 e. The van der Waals surface area contributed by atoms with E-state index in [-0.39, 0.29) is 11.0 Å². The van der Waals surface area contributed by atoms with Crippen LogP contribution in [0.3, 0.4) is 0 Å². The summed E-state index contributed by atoms with van der Waals surface area (Å²) in [6.45, 7) is 6.68. The van der Waals surface area contributed by atoms with Crippen LogP contribution in [0.4, 0.5) is 0 Å². The molecule has 2 N–H and O–H groups in total. The van der Waals surface area contributed by atoms with Crippen molar-refractivity contribution in [2.24, 2.45) is 0 Å². The van der Waals surface area contributed by atoms with Gasteiger partial charge in [-0.25, -0.2) is 4.98 Å². The average Bonchev–Trinajstić information content (AvgIpc) is 3.33. The van der Waals surface area contributed by atoms with Gasteiger partial charge in [-0.2, -0.15) is 0 Å². The Bertz CT molecular complexity index is 978. The molecule has 0 saturated heterocycles. The predicted octanol–water partition coefficient (Wildman–Crippen LogP) is 4.52. The molecule has 146 valence electrons. The molecule has 0 bridgehead atoms. The Hall–Kier alpha value is -2.69. The second-order valence-electron chi connectivity index (χ2n) is 8.96. The molecule has 1 aliphatic rings. The first-order valence-corrected chi connectivity index (χ1v) is 10.1. The average molecular weight is 377 g/mol. The molecule has 1 fully saturated rings. The van der Waals surface area contributed by atoms with Crippen LogP contribution in [0.5, 0.6) is 0 Å². The quantitative estimate of drug-likeness (QED) is 0.596. The molecule has 0 unspecified atom stereocenters. The molecular formula is C23H28N4O. The van der Waals surface area contributed by atoms with E-state index in [9.17, 15) is 4.79 Å². The number of nitrogens with zero attached hydrogens (tertiary/aromatic N) is 2. The monoisotopic (exact) mass is 376 g/mol. The Kier molecular flexibility index (Phi) is 4.69. The van der Waals surface area contributed by atoms with E-state index in [0.29, 0.717) is 0 Å². The van der Waals surface area contributed by atoms with Crippen molar-refractivity contribution >= 4 is 17.6 Å². The number of rotatable bonds is 7. The van der Waals surface area contributed by atoms with E-state index in [2.05, 4.69) is 65.3 Å². The summed E-state index contributed by atoms with van der Waals surface area (Å²) < 4.78 is 0. The minimum absolute atomic E-state index is 0.0358. The largest absolute Gasteiger partial charge is 0.353 e. The molecule has 2 aromatic heterocycles. The van der Waals surface area contributed by atoms with Crippen molar-refractivity contribution in [3.63, 3.8) is 0 Å². The van der Waals surface area contributed by atoms with Crippen molar-refractivity contribution in [2.45, 2.75) is 63.8 Å². The summed E-state index contributed by atoms with van der Waals surface area (Å²) in [5.74, 6) is 0. The van der Waals surface area contributed by atoms with Gasteiger partial charge in [-0.3, -0.25) is 9.78 Å². The molecule has 1 amide bonds. The number of aromatic nitrogens is 3. The second kappa shape index (κ2) is 7.04. The minimum Gasteiger partial charge on any atom is -0.353 e. The summed E-state index contributed by atoms with van der Waals surface area (Å²) in [6, 6.07) is 8.79. The van der Waals surface area contributed by atoms with Gasteiger partial charge in [-0.15, -0.1) is 0 Å². The van der Waals surface area contributed by atoms with Crippen molar-refractivity contribution in [1.29, 1.82) is 0 Å². The Morgan fingerprint density at radius 3 is 2.50 bits per heavy atom. The van der Waals surface area contributed by atoms with Crippen molar-refractivity contribution in [1.82, 2.24) is 20.3 Å². The summed E-state index contributed by atoms with van der Waals surface area (Å²) in [4.78, 5) is 23.4. The maximum atomic E-state index is 10.8. The minimum atomic E-state index is 0.0358. The fourth-order valence-electron chi connectivity index (χ4n) is 3.94. The molecule has 28 heavy (non-hydrogen) atoms. The van der Waals surface area contributed by atoms with Crippen molar-refractivity contribution < 1.29 is 4.79 Å². The van der Waals surface area contributed by atoms with Gasteiger partial charge < -0.3 is 10.3 Å². The lowest BCUT2D eigenvalue weighted by molar-refractivity contribution is -0.110. The van der Waals surface area contributed by atoms with Crippen molar-refractivity contribution in [2.75, 3.05) is 0 Å². The number of H-pyrrole nitrogens is 1. The van der Waals surface area contributed by atoms with E-state index in [1.54, 1.807) is 12.4 Å². The number of hydrogen-bond acceptors (Lipinski definition) is 3. The first kappa shape index (κ1) is 18.7. The van der Waals surface area contributed by atoms with Crippen LogP contribution in [0.15, 0.2) is 36.7 Å². The molecule has 0 aliphatic heterocycles. The third-order valence-corrected chi connectivity index (χ3v) is 5.87.